The third-order valence-corrected chi connectivity index (χ3v) is 5.98. The second-order valence-corrected chi connectivity index (χ2v) is 9.68. The highest BCUT2D eigenvalue weighted by Gasteiger charge is 2.24. The summed E-state index contributed by atoms with van der Waals surface area (Å²) in [4.78, 5) is 31.0. The standard InChI is InChI=1S/C25H33ClN4O3/c1-25(2,3)33-24(32)20-5-4-6-21(23(20)26)29-17-22(31)30-15-10-18(11-16-30)7-14-28-19-8-12-27-13-9-19/h4-6,8-9,12-13,18,29H,7,10-11,14-17H2,1-3H3,(H,27,28). The topological polar surface area (TPSA) is 83.6 Å². The number of carbonyl (C=O) groups is 2. The van der Waals surface area contributed by atoms with E-state index in [0.717, 1.165) is 44.6 Å². The molecule has 0 radical (unpaired) electrons. The monoisotopic (exact) mass is 472 g/mol. The van der Waals surface area contributed by atoms with Crippen molar-refractivity contribution >= 4 is 34.9 Å². The summed E-state index contributed by atoms with van der Waals surface area (Å²) in [7, 11) is 0. The molecule has 0 bridgehead atoms. The minimum absolute atomic E-state index is 0.0297. The predicted molar refractivity (Wildman–Crippen MR) is 132 cm³/mol. The van der Waals surface area contributed by atoms with Gasteiger partial charge in [-0.25, -0.2) is 4.79 Å². The minimum Gasteiger partial charge on any atom is -0.456 e. The molecule has 1 aromatic carbocycles. The van der Waals surface area contributed by atoms with Crippen LogP contribution in [0, 0.1) is 5.92 Å². The Morgan fingerprint density at radius 2 is 1.82 bits per heavy atom. The van der Waals surface area contributed by atoms with Crippen molar-refractivity contribution in [3.05, 3.63) is 53.3 Å². The van der Waals surface area contributed by atoms with Gasteiger partial charge in [0, 0.05) is 37.7 Å². The summed E-state index contributed by atoms with van der Waals surface area (Å²) in [6.07, 6.45) is 6.63. The Morgan fingerprint density at radius 3 is 2.48 bits per heavy atom. The first-order valence-corrected chi connectivity index (χ1v) is 11.8. The van der Waals surface area contributed by atoms with Gasteiger partial charge >= 0.3 is 5.97 Å². The average Bonchev–Trinajstić information content (AvgIpc) is 2.78. The van der Waals surface area contributed by atoms with Crippen LogP contribution in [-0.4, -0.2) is 53.5 Å². The summed E-state index contributed by atoms with van der Waals surface area (Å²) in [6.45, 7) is 7.97. The van der Waals surface area contributed by atoms with Crippen LogP contribution in [0.3, 0.4) is 0 Å². The number of nitrogens with one attached hydrogen (secondary N) is 2. The third kappa shape index (κ3) is 7.63. The van der Waals surface area contributed by atoms with E-state index in [1.165, 1.54) is 0 Å². The Balaban J connectivity index is 1.43. The lowest BCUT2D eigenvalue weighted by Gasteiger charge is -2.32. The molecule has 1 amide bonds. The number of piperidine rings is 1. The zero-order chi connectivity index (χ0) is 23.8. The van der Waals surface area contributed by atoms with Gasteiger partial charge in [0.05, 0.1) is 22.8 Å². The van der Waals surface area contributed by atoms with Gasteiger partial charge < -0.3 is 20.3 Å². The number of hydrogen-bond donors (Lipinski definition) is 2. The SMILES string of the molecule is CC(C)(C)OC(=O)c1cccc(NCC(=O)N2CCC(CCNc3ccncc3)CC2)c1Cl. The summed E-state index contributed by atoms with van der Waals surface area (Å²) in [5.41, 5.74) is 1.30. The van der Waals surface area contributed by atoms with Gasteiger partial charge in [-0.2, -0.15) is 0 Å². The molecule has 0 aliphatic carbocycles. The van der Waals surface area contributed by atoms with E-state index in [1.54, 1.807) is 51.4 Å². The number of rotatable bonds is 8. The number of pyridine rings is 1. The second kappa shape index (κ2) is 11.4. The summed E-state index contributed by atoms with van der Waals surface area (Å²) < 4.78 is 5.41. The molecule has 8 heteroatoms. The van der Waals surface area contributed by atoms with E-state index in [-0.39, 0.29) is 23.0 Å². The number of hydrogen-bond acceptors (Lipinski definition) is 6. The first kappa shape index (κ1) is 24.8. The van der Waals surface area contributed by atoms with Gasteiger partial charge in [0.2, 0.25) is 5.91 Å². The molecule has 1 aliphatic heterocycles. The Morgan fingerprint density at radius 1 is 1.12 bits per heavy atom. The Bertz CT molecular complexity index is 938. The average molecular weight is 473 g/mol. The number of carbonyl (C=O) groups excluding carboxylic acids is 2. The van der Waals surface area contributed by atoms with Crippen LogP contribution < -0.4 is 10.6 Å². The minimum atomic E-state index is -0.610. The van der Waals surface area contributed by atoms with Gasteiger partial charge in [-0.3, -0.25) is 9.78 Å². The van der Waals surface area contributed by atoms with E-state index in [4.69, 9.17) is 16.3 Å². The highest BCUT2D eigenvalue weighted by Crippen LogP contribution is 2.28. The maximum absolute atomic E-state index is 12.7. The van der Waals surface area contributed by atoms with Crippen LogP contribution in [-0.2, 0) is 9.53 Å². The molecular formula is C25H33ClN4O3. The molecule has 3 rings (SSSR count). The lowest BCUT2D eigenvalue weighted by molar-refractivity contribution is -0.130. The zero-order valence-electron chi connectivity index (χ0n) is 19.6. The van der Waals surface area contributed by atoms with Crippen molar-refractivity contribution in [1.82, 2.24) is 9.88 Å². The quantitative estimate of drug-likeness (QED) is 0.535. The Labute approximate surface area is 200 Å². The van der Waals surface area contributed by atoms with Crippen molar-refractivity contribution in [3.8, 4) is 0 Å². The fourth-order valence-electron chi connectivity index (χ4n) is 3.80. The molecule has 2 N–H and O–H groups in total. The highest BCUT2D eigenvalue weighted by atomic mass is 35.5. The van der Waals surface area contributed by atoms with Crippen LogP contribution >= 0.6 is 11.6 Å². The van der Waals surface area contributed by atoms with Crippen molar-refractivity contribution in [2.24, 2.45) is 5.92 Å². The number of esters is 1. The van der Waals surface area contributed by atoms with E-state index >= 15 is 0 Å². The van der Waals surface area contributed by atoms with Gasteiger partial charge in [-0.15, -0.1) is 0 Å². The van der Waals surface area contributed by atoms with Crippen molar-refractivity contribution in [2.75, 3.05) is 36.8 Å². The summed E-state index contributed by atoms with van der Waals surface area (Å²) in [5.74, 6) is 0.154. The fourth-order valence-corrected chi connectivity index (χ4v) is 4.07. The number of likely N-dealkylation sites (tertiary alicyclic amines) is 1. The molecule has 2 heterocycles. The lowest BCUT2D eigenvalue weighted by atomic mass is 9.93. The van der Waals surface area contributed by atoms with Crippen LogP contribution in [0.2, 0.25) is 5.02 Å². The van der Waals surface area contributed by atoms with Crippen LogP contribution in [0.4, 0.5) is 11.4 Å². The lowest BCUT2D eigenvalue weighted by Crippen LogP contribution is -2.41. The molecule has 1 fully saturated rings. The molecule has 7 nitrogen and oxygen atoms in total. The van der Waals surface area contributed by atoms with E-state index in [1.807, 2.05) is 17.0 Å². The van der Waals surface area contributed by atoms with Crippen LogP contribution in [0.1, 0.15) is 50.4 Å². The van der Waals surface area contributed by atoms with Gasteiger partial charge in [0.15, 0.2) is 0 Å². The molecule has 2 aromatic rings. The number of nitrogens with zero attached hydrogens (tertiary/aromatic N) is 2. The molecule has 33 heavy (non-hydrogen) atoms. The zero-order valence-corrected chi connectivity index (χ0v) is 20.3. The highest BCUT2D eigenvalue weighted by molar-refractivity contribution is 6.36. The molecular weight excluding hydrogens is 440 g/mol. The summed E-state index contributed by atoms with van der Waals surface area (Å²) in [6, 6.07) is 9.03. The van der Waals surface area contributed by atoms with E-state index in [2.05, 4.69) is 15.6 Å². The van der Waals surface area contributed by atoms with E-state index < -0.39 is 11.6 Å². The second-order valence-electron chi connectivity index (χ2n) is 9.30. The van der Waals surface area contributed by atoms with Gasteiger partial charge in [0.25, 0.3) is 0 Å². The fraction of sp³-hybridized carbons (Fsp3) is 0.480. The number of aromatic nitrogens is 1. The molecule has 1 aromatic heterocycles. The van der Waals surface area contributed by atoms with Crippen LogP contribution in [0.25, 0.3) is 0 Å². The van der Waals surface area contributed by atoms with Gasteiger partial charge in [0.1, 0.15) is 5.60 Å². The largest absolute Gasteiger partial charge is 0.456 e. The molecule has 0 atom stereocenters. The third-order valence-electron chi connectivity index (χ3n) is 5.58. The summed E-state index contributed by atoms with van der Waals surface area (Å²) in [5, 5.41) is 6.77. The number of amides is 1. The van der Waals surface area contributed by atoms with Gasteiger partial charge in [-0.05, 0) is 70.2 Å². The smallest absolute Gasteiger partial charge is 0.340 e. The van der Waals surface area contributed by atoms with Crippen molar-refractivity contribution in [2.45, 2.75) is 45.6 Å². The summed E-state index contributed by atoms with van der Waals surface area (Å²) >= 11 is 6.42. The number of benzene rings is 1. The number of ether oxygens (including phenoxy) is 1. The molecule has 178 valence electrons. The number of anilines is 2. The molecule has 0 spiro atoms. The molecule has 0 unspecified atom stereocenters. The molecule has 0 saturated carbocycles. The Hall–Kier alpha value is -2.80. The van der Waals surface area contributed by atoms with E-state index in [0.29, 0.717) is 11.6 Å². The van der Waals surface area contributed by atoms with E-state index in [9.17, 15) is 9.59 Å². The molecule has 1 saturated heterocycles. The maximum Gasteiger partial charge on any atom is 0.340 e. The number of halogens is 1. The first-order valence-electron chi connectivity index (χ1n) is 11.4. The van der Waals surface area contributed by atoms with Crippen molar-refractivity contribution in [1.29, 1.82) is 0 Å². The predicted octanol–water partition coefficient (Wildman–Crippen LogP) is 4.84. The van der Waals surface area contributed by atoms with Crippen molar-refractivity contribution < 1.29 is 14.3 Å². The van der Waals surface area contributed by atoms with Crippen LogP contribution in [0.15, 0.2) is 42.7 Å². The van der Waals surface area contributed by atoms with Crippen LogP contribution in [0.5, 0.6) is 0 Å². The Kier molecular flexibility index (Phi) is 8.55. The van der Waals surface area contributed by atoms with Crippen molar-refractivity contribution in [3.63, 3.8) is 0 Å². The normalized spacial score (nSPS) is 14.6. The van der Waals surface area contributed by atoms with Gasteiger partial charge in [-0.1, -0.05) is 17.7 Å². The molecule has 1 aliphatic rings. The first-order chi connectivity index (χ1) is 15.7. The maximum atomic E-state index is 12.7.